The van der Waals surface area contributed by atoms with Crippen LogP contribution < -0.4 is 5.32 Å². The molecule has 1 aromatic heterocycles. The zero-order valence-corrected chi connectivity index (χ0v) is 14.9. The maximum atomic E-state index is 12.3. The van der Waals surface area contributed by atoms with Gasteiger partial charge in [-0.05, 0) is 31.3 Å². The Balaban J connectivity index is 1.48. The third-order valence-corrected chi connectivity index (χ3v) is 4.70. The van der Waals surface area contributed by atoms with Crippen LogP contribution in [0, 0.1) is 0 Å². The van der Waals surface area contributed by atoms with Crippen LogP contribution in [0.5, 0.6) is 0 Å². The van der Waals surface area contributed by atoms with Crippen molar-refractivity contribution in [2.45, 2.75) is 6.10 Å². The number of benzene rings is 1. The summed E-state index contributed by atoms with van der Waals surface area (Å²) in [7, 11) is 3.81. The maximum Gasteiger partial charge on any atom is 0.321 e. The predicted octanol–water partition coefficient (Wildman–Crippen LogP) is 1.24. The van der Waals surface area contributed by atoms with E-state index in [1.54, 1.807) is 7.05 Å². The number of nitrogens with zero attached hydrogens (tertiary/aromatic N) is 3. The molecule has 0 saturated carbocycles. The number of likely N-dealkylation sites (N-methyl/N-ethyl adjacent to an activating group) is 2. The molecule has 1 aliphatic rings. The summed E-state index contributed by atoms with van der Waals surface area (Å²) in [6.45, 7) is 4.86. The number of carbonyl (C=O) groups excluding carboxylic acids is 1. The van der Waals surface area contributed by atoms with Gasteiger partial charge in [0.2, 0.25) is 0 Å². The zero-order chi connectivity index (χ0) is 17.8. The summed E-state index contributed by atoms with van der Waals surface area (Å²) < 4.78 is 0. The highest BCUT2D eigenvalue weighted by Gasteiger charge is 2.19. The number of hydrogen-bond donors (Lipinski definition) is 3. The fourth-order valence-electron chi connectivity index (χ4n) is 3.14. The molecule has 0 radical (unpaired) electrons. The number of β-amino-alcohol motifs (C(OH)–C–C–N with tert-alkyl or cyclic N) is 1. The summed E-state index contributed by atoms with van der Waals surface area (Å²) in [6, 6.07) is 7.48. The Bertz CT molecular complexity index is 708. The first kappa shape index (κ1) is 17.7. The molecular weight excluding hydrogens is 318 g/mol. The molecule has 1 aromatic carbocycles. The molecule has 0 bridgehead atoms. The average molecular weight is 345 g/mol. The Morgan fingerprint density at radius 2 is 2.08 bits per heavy atom. The second kappa shape index (κ2) is 7.86. The highest BCUT2D eigenvalue weighted by atomic mass is 16.3. The number of urea groups is 1. The summed E-state index contributed by atoms with van der Waals surface area (Å²) in [5.74, 6) is 0. The number of piperazine rings is 1. The lowest BCUT2D eigenvalue weighted by molar-refractivity contribution is 0.0670. The van der Waals surface area contributed by atoms with Crippen LogP contribution in [0.3, 0.4) is 0 Å². The molecular formula is C18H27N5O2. The number of nitrogens with one attached hydrogen (secondary N) is 2. The van der Waals surface area contributed by atoms with E-state index in [-0.39, 0.29) is 6.03 Å². The molecule has 2 amide bonds. The van der Waals surface area contributed by atoms with E-state index in [1.165, 1.54) is 4.90 Å². The fraction of sp³-hybridized carbons (Fsp3) is 0.500. The number of H-pyrrole nitrogens is 1. The van der Waals surface area contributed by atoms with Crippen LogP contribution >= 0.6 is 0 Å². The normalized spacial score (nSPS) is 17.6. The molecule has 7 heteroatoms. The number of rotatable bonds is 5. The highest BCUT2D eigenvalue weighted by molar-refractivity contribution is 5.92. The molecule has 0 spiro atoms. The monoisotopic (exact) mass is 345 g/mol. The molecule has 1 aliphatic heterocycles. The first-order valence-electron chi connectivity index (χ1n) is 8.69. The van der Waals surface area contributed by atoms with Gasteiger partial charge in [0.15, 0.2) is 0 Å². The smallest absolute Gasteiger partial charge is 0.321 e. The standard InChI is InChI=1S/C18H27N5O2/c1-21-7-9-23(10-8-21)13-16(24)12-22(2)18(25)20-15-3-4-17-14(11-15)5-6-19-17/h3-6,11,16,19,24H,7-10,12-13H2,1-2H3,(H,20,25). The third kappa shape index (κ3) is 4.72. The first-order valence-corrected chi connectivity index (χ1v) is 8.69. The van der Waals surface area contributed by atoms with Crippen molar-refractivity contribution >= 4 is 22.6 Å². The minimum atomic E-state index is -0.550. The van der Waals surface area contributed by atoms with Crippen LogP contribution in [0.25, 0.3) is 10.9 Å². The van der Waals surface area contributed by atoms with Crippen molar-refractivity contribution in [2.75, 3.05) is 58.7 Å². The van der Waals surface area contributed by atoms with E-state index in [0.29, 0.717) is 13.1 Å². The second-order valence-electron chi connectivity index (χ2n) is 6.85. The summed E-state index contributed by atoms with van der Waals surface area (Å²) in [4.78, 5) is 21.5. The third-order valence-electron chi connectivity index (χ3n) is 4.70. The lowest BCUT2D eigenvalue weighted by Crippen LogP contribution is -2.49. The SMILES string of the molecule is CN1CCN(CC(O)CN(C)C(=O)Nc2ccc3[nH]ccc3c2)CC1. The van der Waals surface area contributed by atoms with Crippen molar-refractivity contribution in [3.8, 4) is 0 Å². The molecule has 3 rings (SSSR count). The van der Waals surface area contributed by atoms with E-state index in [1.807, 2.05) is 30.5 Å². The highest BCUT2D eigenvalue weighted by Crippen LogP contribution is 2.18. The molecule has 2 aromatic rings. The number of anilines is 1. The van der Waals surface area contributed by atoms with Gasteiger partial charge in [-0.2, -0.15) is 0 Å². The first-order chi connectivity index (χ1) is 12.0. The summed E-state index contributed by atoms with van der Waals surface area (Å²) >= 11 is 0. The average Bonchev–Trinajstić information content (AvgIpc) is 3.04. The minimum Gasteiger partial charge on any atom is -0.390 e. The Morgan fingerprint density at radius 1 is 1.32 bits per heavy atom. The Hall–Kier alpha value is -2.09. The van der Waals surface area contributed by atoms with Gasteiger partial charge >= 0.3 is 6.03 Å². The van der Waals surface area contributed by atoms with Crippen molar-refractivity contribution < 1.29 is 9.90 Å². The minimum absolute atomic E-state index is 0.215. The molecule has 1 atom stereocenters. The molecule has 1 unspecified atom stereocenters. The number of hydrogen-bond acceptors (Lipinski definition) is 4. The van der Waals surface area contributed by atoms with Gasteiger partial charge in [-0.25, -0.2) is 4.79 Å². The van der Waals surface area contributed by atoms with Crippen molar-refractivity contribution in [1.82, 2.24) is 19.7 Å². The molecule has 2 heterocycles. The van der Waals surface area contributed by atoms with Crippen molar-refractivity contribution in [3.63, 3.8) is 0 Å². The van der Waals surface area contributed by atoms with E-state index in [2.05, 4.69) is 27.1 Å². The van der Waals surface area contributed by atoms with Crippen LogP contribution in [0.15, 0.2) is 30.5 Å². The van der Waals surface area contributed by atoms with Gasteiger partial charge < -0.3 is 25.2 Å². The van der Waals surface area contributed by atoms with Gasteiger partial charge in [-0.1, -0.05) is 0 Å². The topological polar surface area (TPSA) is 74.8 Å². The lowest BCUT2D eigenvalue weighted by Gasteiger charge is -2.34. The van der Waals surface area contributed by atoms with E-state index >= 15 is 0 Å². The summed E-state index contributed by atoms with van der Waals surface area (Å²) in [5, 5.41) is 14.2. The molecule has 3 N–H and O–H groups in total. The van der Waals surface area contributed by atoms with Crippen molar-refractivity contribution in [3.05, 3.63) is 30.5 Å². The number of amides is 2. The van der Waals surface area contributed by atoms with Crippen LogP contribution in [-0.2, 0) is 0 Å². The Labute approximate surface area is 148 Å². The van der Waals surface area contributed by atoms with E-state index < -0.39 is 6.10 Å². The van der Waals surface area contributed by atoms with Gasteiger partial charge in [0, 0.05) is 69.1 Å². The van der Waals surface area contributed by atoms with Gasteiger partial charge in [0.1, 0.15) is 0 Å². The largest absolute Gasteiger partial charge is 0.390 e. The van der Waals surface area contributed by atoms with E-state index in [9.17, 15) is 9.90 Å². The van der Waals surface area contributed by atoms with E-state index in [0.717, 1.165) is 42.8 Å². The van der Waals surface area contributed by atoms with Crippen molar-refractivity contribution in [2.24, 2.45) is 0 Å². The Kier molecular flexibility index (Phi) is 5.57. The number of carbonyl (C=O) groups is 1. The van der Waals surface area contributed by atoms with Gasteiger partial charge in [0.25, 0.3) is 0 Å². The number of fused-ring (bicyclic) bond motifs is 1. The Morgan fingerprint density at radius 3 is 2.84 bits per heavy atom. The van der Waals surface area contributed by atoms with Crippen LogP contribution in [0.1, 0.15) is 0 Å². The van der Waals surface area contributed by atoms with Crippen molar-refractivity contribution in [1.29, 1.82) is 0 Å². The number of aromatic amines is 1. The fourth-order valence-corrected chi connectivity index (χ4v) is 3.14. The van der Waals surface area contributed by atoms with E-state index in [4.69, 9.17) is 0 Å². The molecule has 1 fully saturated rings. The lowest BCUT2D eigenvalue weighted by atomic mass is 10.2. The molecule has 1 saturated heterocycles. The summed E-state index contributed by atoms with van der Waals surface area (Å²) in [6.07, 6.45) is 1.32. The number of aromatic nitrogens is 1. The van der Waals surface area contributed by atoms with Gasteiger partial charge in [-0.15, -0.1) is 0 Å². The maximum absolute atomic E-state index is 12.3. The summed E-state index contributed by atoms with van der Waals surface area (Å²) in [5.41, 5.74) is 1.78. The molecule has 0 aliphatic carbocycles. The zero-order valence-electron chi connectivity index (χ0n) is 14.9. The quantitative estimate of drug-likeness (QED) is 0.762. The predicted molar refractivity (Wildman–Crippen MR) is 99.9 cm³/mol. The molecule has 136 valence electrons. The number of aliphatic hydroxyl groups is 1. The molecule has 7 nitrogen and oxygen atoms in total. The van der Waals surface area contributed by atoms with Crippen LogP contribution in [0.2, 0.25) is 0 Å². The molecule has 25 heavy (non-hydrogen) atoms. The van der Waals surface area contributed by atoms with Gasteiger partial charge in [-0.3, -0.25) is 4.90 Å². The van der Waals surface area contributed by atoms with Crippen LogP contribution in [-0.4, -0.2) is 90.3 Å². The van der Waals surface area contributed by atoms with Crippen LogP contribution in [0.4, 0.5) is 10.5 Å². The van der Waals surface area contributed by atoms with Gasteiger partial charge in [0.05, 0.1) is 6.10 Å². The number of aliphatic hydroxyl groups excluding tert-OH is 1. The second-order valence-corrected chi connectivity index (χ2v) is 6.85.